The van der Waals surface area contributed by atoms with E-state index in [2.05, 4.69) is 21.7 Å². The molecule has 4 heteroatoms. The van der Waals surface area contributed by atoms with Gasteiger partial charge in [-0.3, -0.25) is 0 Å². The van der Waals surface area contributed by atoms with E-state index < -0.39 is 0 Å². The first-order valence-corrected chi connectivity index (χ1v) is 5.88. The zero-order chi connectivity index (χ0) is 10.8. The predicted octanol–water partition coefficient (Wildman–Crippen LogP) is 1.59. The maximum absolute atomic E-state index is 6.03. The monoisotopic (exact) mass is 208 g/mol. The van der Waals surface area contributed by atoms with Crippen molar-refractivity contribution in [2.75, 3.05) is 0 Å². The third-order valence-electron chi connectivity index (χ3n) is 2.95. The first kappa shape index (κ1) is 10.6. The van der Waals surface area contributed by atoms with Gasteiger partial charge in [-0.25, -0.2) is 0 Å². The number of hydrogen-bond donors (Lipinski definition) is 1. The Kier molecular flexibility index (Phi) is 3.05. The normalized spacial score (nSPS) is 18.1. The fourth-order valence-electron chi connectivity index (χ4n) is 2.07. The molecule has 1 aromatic heterocycles. The van der Waals surface area contributed by atoms with Crippen LogP contribution in [0.1, 0.15) is 50.3 Å². The average Bonchev–Trinajstić information content (AvgIpc) is 2.94. The second-order valence-corrected chi connectivity index (χ2v) is 4.52. The van der Waals surface area contributed by atoms with Crippen molar-refractivity contribution in [2.24, 2.45) is 5.73 Å². The molecule has 1 saturated carbocycles. The summed E-state index contributed by atoms with van der Waals surface area (Å²) in [6.45, 7) is 4.19. The molecule has 1 aliphatic carbocycles. The van der Waals surface area contributed by atoms with Gasteiger partial charge < -0.3 is 10.3 Å². The van der Waals surface area contributed by atoms with Gasteiger partial charge in [-0.1, -0.05) is 13.3 Å². The highest BCUT2D eigenvalue weighted by atomic mass is 15.3. The molecule has 15 heavy (non-hydrogen) atoms. The molecule has 0 spiro atoms. The van der Waals surface area contributed by atoms with Crippen LogP contribution in [0.15, 0.2) is 0 Å². The molecule has 0 saturated heterocycles. The number of nitrogens with zero attached hydrogens (tertiary/aromatic N) is 3. The van der Waals surface area contributed by atoms with E-state index in [0.29, 0.717) is 6.04 Å². The van der Waals surface area contributed by atoms with Gasteiger partial charge in [0.05, 0.1) is 0 Å². The molecule has 1 aromatic rings. The van der Waals surface area contributed by atoms with Gasteiger partial charge in [0.15, 0.2) is 0 Å². The first-order valence-electron chi connectivity index (χ1n) is 5.88. The summed E-state index contributed by atoms with van der Waals surface area (Å²) in [5.74, 6) is 2.12. The smallest absolute Gasteiger partial charge is 0.134 e. The van der Waals surface area contributed by atoms with Crippen molar-refractivity contribution in [1.29, 1.82) is 0 Å². The Hall–Kier alpha value is -0.900. The van der Waals surface area contributed by atoms with Crippen LogP contribution in [0.5, 0.6) is 0 Å². The molecule has 84 valence electrons. The second kappa shape index (κ2) is 4.31. The van der Waals surface area contributed by atoms with Crippen LogP contribution in [0.3, 0.4) is 0 Å². The van der Waals surface area contributed by atoms with Gasteiger partial charge in [0, 0.05) is 18.5 Å². The van der Waals surface area contributed by atoms with Crippen LogP contribution in [-0.4, -0.2) is 20.8 Å². The van der Waals surface area contributed by atoms with Crippen LogP contribution in [0.2, 0.25) is 0 Å². The van der Waals surface area contributed by atoms with Crippen LogP contribution < -0.4 is 5.73 Å². The lowest BCUT2D eigenvalue weighted by molar-refractivity contribution is 0.556. The molecule has 1 atom stereocenters. The summed E-state index contributed by atoms with van der Waals surface area (Å²) in [5, 5.41) is 8.38. The maximum Gasteiger partial charge on any atom is 0.134 e. The lowest BCUT2D eigenvalue weighted by Gasteiger charge is -2.11. The lowest BCUT2D eigenvalue weighted by Crippen LogP contribution is -2.24. The van der Waals surface area contributed by atoms with Crippen LogP contribution in [0.4, 0.5) is 0 Å². The van der Waals surface area contributed by atoms with E-state index in [0.717, 1.165) is 30.9 Å². The summed E-state index contributed by atoms with van der Waals surface area (Å²) < 4.78 is 2.27. The molecule has 1 aliphatic rings. The minimum absolute atomic E-state index is 0.232. The van der Waals surface area contributed by atoms with Crippen LogP contribution >= 0.6 is 0 Å². The summed E-state index contributed by atoms with van der Waals surface area (Å²) in [6, 6.07) is 0.889. The third-order valence-corrected chi connectivity index (χ3v) is 2.95. The zero-order valence-corrected chi connectivity index (χ0v) is 9.61. The van der Waals surface area contributed by atoms with Gasteiger partial charge in [0.25, 0.3) is 0 Å². The average molecular weight is 208 g/mol. The van der Waals surface area contributed by atoms with Gasteiger partial charge in [0.1, 0.15) is 11.6 Å². The van der Waals surface area contributed by atoms with Crippen molar-refractivity contribution in [3.63, 3.8) is 0 Å². The standard InChI is InChI=1S/C11H20N4/c1-3-4-9(12)7-11-14-13-8(2)15(11)10-5-6-10/h9-10H,3-7,12H2,1-2H3. The van der Waals surface area contributed by atoms with E-state index >= 15 is 0 Å². The molecule has 4 nitrogen and oxygen atoms in total. The topological polar surface area (TPSA) is 56.7 Å². The molecule has 2 N–H and O–H groups in total. The van der Waals surface area contributed by atoms with E-state index in [1.807, 2.05) is 6.92 Å². The summed E-state index contributed by atoms with van der Waals surface area (Å²) in [5.41, 5.74) is 6.03. The zero-order valence-electron chi connectivity index (χ0n) is 9.61. The van der Waals surface area contributed by atoms with Crippen LogP contribution in [0.25, 0.3) is 0 Å². The van der Waals surface area contributed by atoms with Crippen molar-refractivity contribution in [3.05, 3.63) is 11.6 Å². The SMILES string of the molecule is CCCC(N)Cc1nnc(C)n1C1CC1. The Balaban J connectivity index is 2.07. The number of aryl methyl sites for hydroxylation is 1. The Bertz CT molecular complexity index is 327. The van der Waals surface area contributed by atoms with Gasteiger partial charge >= 0.3 is 0 Å². The van der Waals surface area contributed by atoms with Crippen LogP contribution in [-0.2, 0) is 6.42 Å². The summed E-state index contributed by atoms with van der Waals surface area (Å²) >= 11 is 0. The van der Waals surface area contributed by atoms with E-state index in [1.165, 1.54) is 12.8 Å². The van der Waals surface area contributed by atoms with Crippen molar-refractivity contribution in [1.82, 2.24) is 14.8 Å². The lowest BCUT2D eigenvalue weighted by atomic mass is 10.1. The molecule has 0 bridgehead atoms. The van der Waals surface area contributed by atoms with Gasteiger partial charge in [-0.2, -0.15) is 0 Å². The minimum atomic E-state index is 0.232. The number of rotatable bonds is 5. The summed E-state index contributed by atoms with van der Waals surface area (Å²) in [7, 11) is 0. The number of nitrogens with two attached hydrogens (primary N) is 1. The van der Waals surface area contributed by atoms with Crippen molar-refractivity contribution >= 4 is 0 Å². The molecule has 0 aliphatic heterocycles. The van der Waals surface area contributed by atoms with E-state index in [-0.39, 0.29) is 6.04 Å². The molecule has 0 aromatic carbocycles. The summed E-state index contributed by atoms with van der Waals surface area (Å²) in [4.78, 5) is 0. The highest BCUT2D eigenvalue weighted by Gasteiger charge is 2.28. The fraction of sp³-hybridized carbons (Fsp3) is 0.818. The molecule has 0 amide bonds. The Morgan fingerprint density at radius 3 is 2.80 bits per heavy atom. The Morgan fingerprint density at radius 2 is 2.20 bits per heavy atom. The van der Waals surface area contributed by atoms with E-state index in [4.69, 9.17) is 5.73 Å². The number of hydrogen-bond acceptors (Lipinski definition) is 3. The molecule has 1 unspecified atom stereocenters. The second-order valence-electron chi connectivity index (χ2n) is 4.52. The quantitative estimate of drug-likeness (QED) is 0.799. The predicted molar refractivity (Wildman–Crippen MR) is 59.6 cm³/mol. The van der Waals surface area contributed by atoms with Gasteiger partial charge in [-0.05, 0) is 26.2 Å². The van der Waals surface area contributed by atoms with Crippen LogP contribution in [0, 0.1) is 6.92 Å². The number of aromatic nitrogens is 3. The van der Waals surface area contributed by atoms with Crippen molar-refractivity contribution < 1.29 is 0 Å². The fourth-order valence-corrected chi connectivity index (χ4v) is 2.07. The van der Waals surface area contributed by atoms with E-state index in [1.54, 1.807) is 0 Å². The highest BCUT2D eigenvalue weighted by Crippen LogP contribution is 2.36. The molecule has 1 heterocycles. The third kappa shape index (κ3) is 2.37. The van der Waals surface area contributed by atoms with E-state index in [9.17, 15) is 0 Å². The molecule has 0 radical (unpaired) electrons. The van der Waals surface area contributed by atoms with Gasteiger partial charge in [0.2, 0.25) is 0 Å². The van der Waals surface area contributed by atoms with Crippen molar-refractivity contribution in [3.8, 4) is 0 Å². The molecule has 2 rings (SSSR count). The van der Waals surface area contributed by atoms with Gasteiger partial charge in [-0.15, -0.1) is 10.2 Å². The molecule has 1 fully saturated rings. The molecular weight excluding hydrogens is 188 g/mol. The summed E-state index contributed by atoms with van der Waals surface area (Å²) in [6.07, 6.45) is 5.61. The Labute approximate surface area is 90.9 Å². The minimum Gasteiger partial charge on any atom is -0.327 e. The maximum atomic E-state index is 6.03. The Morgan fingerprint density at radius 1 is 1.47 bits per heavy atom. The molecular formula is C11H20N4. The first-order chi connectivity index (χ1) is 7.22. The highest BCUT2D eigenvalue weighted by molar-refractivity contribution is 5.02. The largest absolute Gasteiger partial charge is 0.327 e. The van der Waals surface area contributed by atoms with Crippen molar-refractivity contribution in [2.45, 2.75) is 58.0 Å².